The van der Waals surface area contributed by atoms with Crippen molar-refractivity contribution in [1.29, 1.82) is 0 Å². The number of benzene rings is 1. The van der Waals surface area contributed by atoms with Crippen molar-refractivity contribution in [2.24, 2.45) is 0 Å². The number of aromatic nitrogens is 1. The van der Waals surface area contributed by atoms with Gasteiger partial charge >= 0.3 is 0 Å². The van der Waals surface area contributed by atoms with Crippen LogP contribution in [-0.2, 0) is 0 Å². The van der Waals surface area contributed by atoms with Crippen molar-refractivity contribution in [3.63, 3.8) is 0 Å². The van der Waals surface area contributed by atoms with E-state index in [1.807, 2.05) is 30.3 Å². The van der Waals surface area contributed by atoms with Crippen molar-refractivity contribution >= 4 is 19.4 Å². The molecule has 0 aliphatic carbocycles. The Hall–Kier alpha value is -1.97. The average molecular weight is 195 g/mol. The third-order valence-corrected chi connectivity index (χ3v) is 2.08. The van der Waals surface area contributed by atoms with E-state index in [2.05, 4.69) is 10.2 Å². The first-order valence-corrected chi connectivity index (χ1v) is 4.58. The van der Waals surface area contributed by atoms with Crippen LogP contribution in [0.25, 0.3) is 11.3 Å². The molecule has 4 heteroatoms. The lowest BCUT2D eigenvalue weighted by molar-refractivity contribution is 1.33. The third-order valence-electron chi connectivity index (χ3n) is 2.08. The van der Waals surface area contributed by atoms with Crippen molar-refractivity contribution in [1.82, 2.24) is 4.98 Å². The largest absolute Gasteiger partial charge is 0.437 e. The maximum Gasteiger partial charge on any atom is 0.222 e. The minimum Gasteiger partial charge on any atom is -0.437 e. The van der Waals surface area contributed by atoms with Crippen molar-refractivity contribution < 1.29 is 0 Å². The molecule has 0 aliphatic rings. The van der Waals surface area contributed by atoms with E-state index in [9.17, 15) is 0 Å². The van der Waals surface area contributed by atoms with Gasteiger partial charge in [-0.1, -0.05) is 6.07 Å². The summed E-state index contributed by atoms with van der Waals surface area (Å²) in [7, 11) is 5.34. The smallest absolute Gasteiger partial charge is 0.222 e. The number of hydrogen-bond acceptors (Lipinski definition) is 3. The molecule has 0 amide bonds. The van der Waals surface area contributed by atoms with Crippen LogP contribution >= 0.6 is 0 Å². The zero-order valence-electron chi connectivity index (χ0n) is 8.14. The van der Waals surface area contributed by atoms with Crippen molar-refractivity contribution in [3.05, 3.63) is 42.6 Å². The fraction of sp³-hybridized carbons (Fsp3) is 0. The maximum absolute atomic E-state index is 5.75. The first-order chi connectivity index (χ1) is 7.29. The molecule has 0 bridgehead atoms. The van der Waals surface area contributed by atoms with Crippen LogP contribution in [0.3, 0.4) is 0 Å². The summed E-state index contributed by atoms with van der Waals surface area (Å²) in [4.78, 5) is 4.24. The molecule has 1 aromatic heterocycles. The molecular weight excluding hydrogens is 185 g/mol. The summed E-state index contributed by atoms with van der Waals surface area (Å²) in [5.74, 6) is 0. The van der Waals surface area contributed by atoms with Crippen LogP contribution in [-0.4, -0.2) is 13.0 Å². The van der Waals surface area contributed by atoms with Gasteiger partial charge in [0.25, 0.3) is 0 Å². The molecule has 2 radical (unpaired) electrons. The predicted molar refractivity (Wildman–Crippen MR) is 63.5 cm³/mol. The molecule has 0 unspecified atom stereocenters. The highest BCUT2D eigenvalue weighted by Crippen LogP contribution is 2.23. The molecule has 1 heterocycles. The monoisotopic (exact) mass is 195 g/mol. The maximum atomic E-state index is 5.75. The molecule has 3 nitrogen and oxygen atoms in total. The summed E-state index contributed by atoms with van der Waals surface area (Å²) < 4.78 is 0. The minimum absolute atomic E-state index is 0.658. The van der Waals surface area contributed by atoms with E-state index in [-0.39, 0.29) is 0 Å². The van der Waals surface area contributed by atoms with Gasteiger partial charge in [-0.05, 0) is 30.3 Å². The van der Waals surface area contributed by atoms with Crippen LogP contribution in [0.2, 0.25) is 0 Å². The Morgan fingerprint density at radius 3 is 2.73 bits per heavy atom. The predicted octanol–water partition coefficient (Wildman–Crippen LogP) is 1.83. The number of anilines is 2. The number of hydrogen-bond donors (Lipinski definition) is 2. The zero-order valence-corrected chi connectivity index (χ0v) is 8.14. The summed E-state index contributed by atoms with van der Waals surface area (Å²) in [5.41, 5.74) is 9.01. The van der Waals surface area contributed by atoms with E-state index in [1.165, 1.54) is 0 Å². The van der Waals surface area contributed by atoms with Gasteiger partial charge in [-0.25, -0.2) is 0 Å². The molecule has 15 heavy (non-hydrogen) atoms. The molecule has 0 atom stereocenters. The van der Waals surface area contributed by atoms with Gasteiger partial charge in [0.1, 0.15) is 0 Å². The lowest BCUT2D eigenvalue weighted by Gasteiger charge is -2.06. The molecule has 0 fully saturated rings. The molecule has 2 aromatic rings. The Kier molecular flexibility index (Phi) is 2.58. The van der Waals surface area contributed by atoms with Crippen LogP contribution < -0.4 is 11.0 Å². The van der Waals surface area contributed by atoms with Crippen molar-refractivity contribution in [2.45, 2.75) is 0 Å². The van der Waals surface area contributed by atoms with Crippen molar-refractivity contribution in [2.75, 3.05) is 11.0 Å². The van der Waals surface area contributed by atoms with Gasteiger partial charge in [0.15, 0.2) is 0 Å². The Morgan fingerprint density at radius 2 is 2.07 bits per heavy atom. The van der Waals surface area contributed by atoms with E-state index < -0.39 is 0 Å². The Balaban J connectivity index is 2.49. The fourth-order valence-corrected chi connectivity index (χ4v) is 1.42. The highest BCUT2D eigenvalue weighted by Gasteiger charge is 2.00. The third kappa shape index (κ3) is 2.10. The molecule has 0 saturated heterocycles. The van der Waals surface area contributed by atoms with E-state index in [4.69, 9.17) is 13.7 Å². The highest BCUT2D eigenvalue weighted by molar-refractivity contribution is 6.16. The van der Waals surface area contributed by atoms with Crippen molar-refractivity contribution in [3.8, 4) is 11.3 Å². The zero-order chi connectivity index (χ0) is 10.7. The molecule has 72 valence electrons. The van der Waals surface area contributed by atoms with E-state index >= 15 is 0 Å². The number of rotatable bonds is 2. The topological polar surface area (TPSA) is 50.9 Å². The second-order valence-electron chi connectivity index (χ2n) is 3.20. The van der Waals surface area contributed by atoms with Crippen LogP contribution in [0.1, 0.15) is 0 Å². The lowest BCUT2D eigenvalue weighted by Crippen LogP contribution is -1.94. The van der Waals surface area contributed by atoms with Crippen LogP contribution in [0.4, 0.5) is 11.4 Å². The van der Waals surface area contributed by atoms with Crippen LogP contribution in [0, 0.1) is 0 Å². The van der Waals surface area contributed by atoms with Gasteiger partial charge in [0, 0.05) is 23.1 Å². The Morgan fingerprint density at radius 1 is 1.20 bits per heavy atom. The number of nitrogen functional groups attached to an aromatic ring is 1. The first kappa shape index (κ1) is 9.58. The molecule has 1 aromatic carbocycles. The molecule has 0 spiro atoms. The molecule has 0 aliphatic heterocycles. The SMILES string of the molecule is [B]Nc1cc(N)cc(-c2ccccn2)c1. The molecule has 2 rings (SSSR count). The van der Waals surface area contributed by atoms with Crippen LogP contribution in [0.15, 0.2) is 42.6 Å². The van der Waals surface area contributed by atoms with Gasteiger partial charge in [-0.2, -0.15) is 0 Å². The number of nitrogens with zero attached hydrogens (tertiary/aromatic N) is 1. The summed E-state index contributed by atoms with van der Waals surface area (Å²) in [6.07, 6.45) is 1.74. The molecule has 3 N–H and O–H groups in total. The van der Waals surface area contributed by atoms with E-state index in [0.29, 0.717) is 5.69 Å². The fourth-order valence-electron chi connectivity index (χ4n) is 1.42. The molecular formula is C11H10BN3. The second kappa shape index (κ2) is 4.04. The average Bonchev–Trinajstić information content (AvgIpc) is 2.29. The Bertz CT molecular complexity index is 457. The van der Waals surface area contributed by atoms with Gasteiger partial charge in [0.05, 0.1) is 5.69 Å². The number of nitrogens with one attached hydrogen (secondary N) is 1. The van der Waals surface area contributed by atoms with E-state index in [0.717, 1.165) is 16.9 Å². The summed E-state index contributed by atoms with van der Waals surface area (Å²) in [5, 5.41) is 2.57. The lowest BCUT2D eigenvalue weighted by atomic mass is 10.1. The second-order valence-corrected chi connectivity index (χ2v) is 3.20. The van der Waals surface area contributed by atoms with Gasteiger partial charge < -0.3 is 11.0 Å². The normalized spacial score (nSPS) is 9.87. The standard InChI is InChI=1S/C11H10BN3/c12-15-10-6-8(5-9(13)7-10)11-3-1-2-4-14-11/h1-7,15H,13H2. The summed E-state index contributed by atoms with van der Waals surface area (Å²) >= 11 is 0. The molecule has 0 saturated carbocycles. The van der Waals surface area contributed by atoms with Gasteiger partial charge in [-0.15, -0.1) is 0 Å². The first-order valence-electron chi connectivity index (χ1n) is 4.58. The quantitative estimate of drug-likeness (QED) is 0.567. The minimum atomic E-state index is 0.658. The highest BCUT2D eigenvalue weighted by atomic mass is 14.7. The van der Waals surface area contributed by atoms with E-state index in [1.54, 1.807) is 12.3 Å². The summed E-state index contributed by atoms with van der Waals surface area (Å²) in [6.45, 7) is 0. The number of pyridine rings is 1. The Labute approximate surface area is 89.8 Å². The van der Waals surface area contributed by atoms with Gasteiger partial charge in [-0.3, -0.25) is 4.98 Å². The van der Waals surface area contributed by atoms with Gasteiger partial charge in [0.2, 0.25) is 7.98 Å². The van der Waals surface area contributed by atoms with Crippen LogP contribution in [0.5, 0.6) is 0 Å². The number of nitrogens with two attached hydrogens (primary N) is 1. The summed E-state index contributed by atoms with van der Waals surface area (Å²) in [6, 6.07) is 11.3.